The number of amides is 1. The van der Waals surface area contributed by atoms with E-state index in [0.29, 0.717) is 12.1 Å². The van der Waals surface area contributed by atoms with Crippen LogP contribution >= 0.6 is 0 Å². The molecule has 1 aromatic rings. The molecular formula is C19H30N2O3. The standard InChI is InChI=1S/C19H30N2O3/c1-18(2)19(23,16-12-8-7-9-13-16)21(17(22)24-18)15-11-6-4-3-5-10-14-20/h7-9,12-13,23H,3-6,10-11,14-15,20H2,1-2H3. The molecule has 0 saturated carbocycles. The fourth-order valence-electron chi connectivity index (χ4n) is 3.35. The van der Waals surface area contributed by atoms with E-state index < -0.39 is 17.4 Å². The van der Waals surface area contributed by atoms with Crippen molar-refractivity contribution in [2.24, 2.45) is 5.73 Å². The second kappa shape index (κ2) is 7.99. The molecular weight excluding hydrogens is 304 g/mol. The topological polar surface area (TPSA) is 75.8 Å². The number of carbonyl (C=O) groups is 1. The Labute approximate surface area is 144 Å². The number of ether oxygens (including phenoxy) is 1. The van der Waals surface area contributed by atoms with Gasteiger partial charge in [0.1, 0.15) is 0 Å². The Balaban J connectivity index is 2.00. The van der Waals surface area contributed by atoms with Crippen molar-refractivity contribution in [1.29, 1.82) is 0 Å². The van der Waals surface area contributed by atoms with Gasteiger partial charge in [0.2, 0.25) is 5.72 Å². The quantitative estimate of drug-likeness (QED) is 0.679. The average molecular weight is 334 g/mol. The summed E-state index contributed by atoms with van der Waals surface area (Å²) in [6.45, 7) is 4.75. The molecule has 1 amide bonds. The van der Waals surface area contributed by atoms with Gasteiger partial charge in [0.15, 0.2) is 5.60 Å². The van der Waals surface area contributed by atoms with Gasteiger partial charge in [-0.2, -0.15) is 0 Å². The molecule has 1 unspecified atom stereocenters. The van der Waals surface area contributed by atoms with Gasteiger partial charge >= 0.3 is 6.09 Å². The monoisotopic (exact) mass is 334 g/mol. The normalized spacial score (nSPS) is 22.7. The van der Waals surface area contributed by atoms with E-state index >= 15 is 0 Å². The van der Waals surface area contributed by atoms with E-state index in [1.807, 2.05) is 30.3 Å². The van der Waals surface area contributed by atoms with Crippen molar-refractivity contribution in [1.82, 2.24) is 4.90 Å². The molecule has 5 nitrogen and oxygen atoms in total. The molecule has 0 bridgehead atoms. The molecule has 5 heteroatoms. The van der Waals surface area contributed by atoms with Gasteiger partial charge in [-0.1, -0.05) is 56.0 Å². The van der Waals surface area contributed by atoms with Crippen LogP contribution in [-0.2, 0) is 10.5 Å². The van der Waals surface area contributed by atoms with Crippen molar-refractivity contribution in [2.45, 2.75) is 63.7 Å². The second-order valence-corrected chi connectivity index (χ2v) is 6.98. The molecule has 3 N–H and O–H groups in total. The summed E-state index contributed by atoms with van der Waals surface area (Å²) in [5.41, 5.74) is 3.74. The molecule has 1 heterocycles. The zero-order valence-electron chi connectivity index (χ0n) is 14.8. The van der Waals surface area contributed by atoms with Crippen molar-refractivity contribution < 1.29 is 14.6 Å². The Morgan fingerprint density at radius 2 is 1.62 bits per heavy atom. The number of rotatable bonds is 9. The van der Waals surface area contributed by atoms with Gasteiger partial charge in [-0.05, 0) is 33.2 Å². The van der Waals surface area contributed by atoms with Crippen LogP contribution in [0.1, 0.15) is 57.9 Å². The molecule has 2 rings (SSSR count). The third kappa shape index (κ3) is 3.73. The number of nitrogens with two attached hydrogens (primary N) is 1. The SMILES string of the molecule is CC1(C)OC(=O)N(CCCCCCCCN)C1(O)c1ccccc1. The Hall–Kier alpha value is -1.59. The molecule has 1 aromatic carbocycles. The fourth-order valence-corrected chi connectivity index (χ4v) is 3.35. The van der Waals surface area contributed by atoms with Gasteiger partial charge in [-0.3, -0.25) is 4.90 Å². The predicted molar refractivity (Wildman–Crippen MR) is 94.4 cm³/mol. The van der Waals surface area contributed by atoms with E-state index in [9.17, 15) is 9.90 Å². The van der Waals surface area contributed by atoms with Crippen molar-refractivity contribution in [3.8, 4) is 0 Å². The maximum atomic E-state index is 12.3. The van der Waals surface area contributed by atoms with Crippen LogP contribution in [0.4, 0.5) is 4.79 Å². The van der Waals surface area contributed by atoms with Crippen molar-refractivity contribution >= 4 is 6.09 Å². The molecule has 1 aliphatic heterocycles. The molecule has 0 spiro atoms. The number of aliphatic hydroxyl groups is 1. The Morgan fingerprint density at radius 1 is 1.04 bits per heavy atom. The summed E-state index contributed by atoms with van der Waals surface area (Å²) in [5, 5.41) is 11.4. The van der Waals surface area contributed by atoms with Crippen LogP contribution in [0.5, 0.6) is 0 Å². The van der Waals surface area contributed by atoms with Crippen LogP contribution in [0.25, 0.3) is 0 Å². The van der Waals surface area contributed by atoms with Crippen LogP contribution in [-0.4, -0.2) is 34.8 Å². The highest BCUT2D eigenvalue weighted by atomic mass is 16.6. The highest BCUT2D eigenvalue weighted by molar-refractivity contribution is 5.72. The second-order valence-electron chi connectivity index (χ2n) is 6.98. The number of carbonyl (C=O) groups excluding carboxylic acids is 1. The Kier molecular flexibility index (Phi) is 6.24. The van der Waals surface area contributed by atoms with Gasteiger partial charge in [-0.25, -0.2) is 4.79 Å². The summed E-state index contributed by atoms with van der Waals surface area (Å²) in [6.07, 6.45) is 5.94. The minimum atomic E-state index is -1.44. The molecule has 24 heavy (non-hydrogen) atoms. The molecule has 1 fully saturated rings. The van der Waals surface area contributed by atoms with Gasteiger partial charge in [0.05, 0.1) is 0 Å². The highest BCUT2D eigenvalue weighted by Gasteiger charge is 2.60. The molecule has 0 radical (unpaired) electrons. The predicted octanol–water partition coefficient (Wildman–Crippen LogP) is 3.36. The van der Waals surface area contributed by atoms with E-state index in [2.05, 4.69) is 0 Å². The van der Waals surface area contributed by atoms with Crippen LogP contribution in [0.2, 0.25) is 0 Å². The molecule has 1 saturated heterocycles. The summed E-state index contributed by atoms with van der Waals surface area (Å²) in [7, 11) is 0. The van der Waals surface area contributed by atoms with Crippen LogP contribution in [0.3, 0.4) is 0 Å². The Morgan fingerprint density at radius 3 is 2.25 bits per heavy atom. The first-order valence-electron chi connectivity index (χ1n) is 8.92. The lowest BCUT2D eigenvalue weighted by molar-refractivity contribution is -0.149. The Bertz CT molecular complexity index is 533. The van der Waals surface area contributed by atoms with Crippen LogP contribution < -0.4 is 5.73 Å². The molecule has 0 aromatic heterocycles. The number of hydrogen-bond donors (Lipinski definition) is 2. The lowest BCUT2D eigenvalue weighted by atomic mass is 9.87. The van der Waals surface area contributed by atoms with E-state index in [0.717, 1.165) is 45.1 Å². The molecule has 1 aliphatic rings. The molecule has 0 aliphatic carbocycles. The smallest absolute Gasteiger partial charge is 0.413 e. The largest absolute Gasteiger partial charge is 0.438 e. The summed E-state index contributed by atoms with van der Waals surface area (Å²) in [4.78, 5) is 13.8. The van der Waals surface area contributed by atoms with Crippen molar-refractivity contribution in [3.63, 3.8) is 0 Å². The summed E-state index contributed by atoms with van der Waals surface area (Å²) in [5.74, 6) is 0. The van der Waals surface area contributed by atoms with Crippen LogP contribution in [0, 0.1) is 0 Å². The number of nitrogens with zero attached hydrogens (tertiary/aromatic N) is 1. The van der Waals surface area contributed by atoms with E-state index in [-0.39, 0.29) is 0 Å². The molecule has 134 valence electrons. The zero-order valence-corrected chi connectivity index (χ0v) is 14.8. The third-order valence-electron chi connectivity index (χ3n) is 4.81. The number of hydrogen-bond acceptors (Lipinski definition) is 4. The van der Waals surface area contributed by atoms with Crippen LogP contribution in [0.15, 0.2) is 30.3 Å². The van der Waals surface area contributed by atoms with Gasteiger partial charge in [-0.15, -0.1) is 0 Å². The number of benzene rings is 1. The first-order chi connectivity index (χ1) is 11.4. The lowest BCUT2D eigenvalue weighted by Crippen LogP contribution is -2.53. The maximum absolute atomic E-state index is 12.3. The first-order valence-corrected chi connectivity index (χ1v) is 8.92. The highest BCUT2D eigenvalue weighted by Crippen LogP contribution is 2.44. The summed E-state index contributed by atoms with van der Waals surface area (Å²) >= 11 is 0. The maximum Gasteiger partial charge on any atom is 0.413 e. The third-order valence-corrected chi connectivity index (χ3v) is 4.81. The minimum Gasteiger partial charge on any atom is -0.438 e. The van der Waals surface area contributed by atoms with Gasteiger partial charge < -0.3 is 15.6 Å². The van der Waals surface area contributed by atoms with E-state index in [1.165, 1.54) is 4.90 Å². The number of unbranched alkanes of at least 4 members (excludes halogenated alkanes) is 5. The van der Waals surface area contributed by atoms with Gasteiger partial charge in [0, 0.05) is 12.1 Å². The summed E-state index contributed by atoms with van der Waals surface area (Å²) < 4.78 is 5.46. The van der Waals surface area contributed by atoms with E-state index in [1.54, 1.807) is 13.8 Å². The lowest BCUT2D eigenvalue weighted by Gasteiger charge is -2.38. The zero-order chi connectivity index (χ0) is 17.6. The fraction of sp³-hybridized carbons (Fsp3) is 0.632. The van der Waals surface area contributed by atoms with Crippen molar-refractivity contribution in [2.75, 3.05) is 13.1 Å². The summed E-state index contributed by atoms with van der Waals surface area (Å²) in [6, 6.07) is 9.29. The first kappa shape index (κ1) is 18.7. The minimum absolute atomic E-state index is 0.450. The van der Waals surface area contributed by atoms with Crippen molar-refractivity contribution in [3.05, 3.63) is 35.9 Å². The average Bonchev–Trinajstić information content (AvgIpc) is 2.74. The van der Waals surface area contributed by atoms with Gasteiger partial charge in [0.25, 0.3) is 0 Å². The number of cyclic esters (lactones) is 1. The molecule has 1 atom stereocenters. The van der Waals surface area contributed by atoms with E-state index in [4.69, 9.17) is 10.5 Å².